The number of oxime groups is 1. The van der Waals surface area contributed by atoms with E-state index in [-0.39, 0.29) is 5.52 Å². The van der Waals surface area contributed by atoms with Crippen LogP contribution in [0.4, 0.5) is 13.2 Å². The molecule has 3 aromatic carbocycles. The highest BCUT2D eigenvalue weighted by Crippen LogP contribution is 2.32. The van der Waals surface area contributed by atoms with Crippen molar-refractivity contribution in [1.82, 2.24) is 9.55 Å². The van der Waals surface area contributed by atoms with E-state index in [1.807, 2.05) is 48.5 Å². The largest absolute Gasteiger partial charge is 0.416 e. The molecule has 0 aliphatic carbocycles. The van der Waals surface area contributed by atoms with E-state index in [1.165, 1.54) is 12.4 Å². The van der Waals surface area contributed by atoms with Crippen LogP contribution in [0.15, 0.2) is 78.2 Å². The van der Waals surface area contributed by atoms with Gasteiger partial charge in [-0.25, -0.2) is 4.98 Å². The second-order valence-electron chi connectivity index (χ2n) is 6.60. The van der Waals surface area contributed by atoms with Crippen LogP contribution >= 0.6 is 0 Å². The van der Waals surface area contributed by atoms with E-state index in [0.29, 0.717) is 11.2 Å². The van der Waals surface area contributed by atoms with Gasteiger partial charge in [0.05, 0.1) is 22.3 Å². The number of halogens is 3. The second kappa shape index (κ2) is 7.09. The maximum absolute atomic E-state index is 13.0. The van der Waals surface area contributed by atoms with E-state index in [0.717, 1.165) is 34.5 Å². The van der Waals surface area contributed by atoms with E-state index in [9.17, 15) is 13.2 Å². The van der Waals surface area contributed by atoms with Crippen molar-refractivity contribution in [1.29, 1.82) is 0 Å². The lowest BCUT2D eigenvalue weighted by Crippen LogP contribution is -2.04. The molecule has 0 aliphatic rings. The smallest absolute Gasteiger partial charge is 0.411 e. The van der Waals surface area contributed by atoms with Gasteiger partial charge in [0.15, 0.2) is 0 Å². The molecule has 29 heavy (non-hydrogen) atoms. The maximum Gasteiger partial charge on any atom is 0.416 e. The number of imidazole rings is 1. The highest BCUT2D eigenvalue weighted by molar-refractivity contribution is 6.04. The van der Waals surface area contributed by atoms with Crippen LogP contribution in [0, 0.1) is 0 Å². The van der Waals surface area contributed by atoms with Crippen molar-refractivity contribution in [3.63, 3.8) is 0 Å². The zero-order chi connectivity index (χ0) is 20.6. The minimum absolute atomic E-state index is 0.272. The number of fused-ring (bicyclic) bond motifs is 1. The Bertz CT molecular complexity index is 1230. The van der Waals surface area contributed by atoms with Crippen molar-refractivity contribution < 1.29 is 18.4 Å². The first-order chi connectivity index (χ1) is 13.9. The van der Waals surface area contributed by atoms with Gasteiger partial charge in [-0.3, -0.25) is 4.57 Å². The van der Waals surface area contributed by atoms with E-state index in [1.54, 1.807) is 11.5 Å². The summed E-state index contributed by atoms with van der Waals surface area (Å²) in [6.07, 6.45) is -2.90. The van der Waals surface area contributed by atoms with Crippen LogP contribution in [0.25, 0.3) is 27.8 Å². The van der Waals surface area contributed by atoms with Gasteiger partial charge in [0.25, 0.3) is 0 Å². The van der Waals surface area contributed by atoms with Crippen LogP contribution in [0.3, 0.4) is 0 Å². The fourth-order valence-electron chi connectivity index (χ4n) is 3.32. The fourth-order valence-corrected chi connectivity index (χ4v) is 3.32. The first-order valence-corrected chi connectivity index (χ1v) is 8.81. The van der Waals surface area contributed by atoms with Gasteiger partial charge in [0, 0.05) is 11.3 Å². The lowest BCUT2D eigenvalue weighted by Gasteiger charge is -2.11. The van der Waals surface area contributed by atoms with Crippen LogP contribution in [-0.2, 0) is 6.18 Å². The van der Waals surface area contributed by atoms with Crippen molar-refractivity contribution in [2.45, 2.75) is 13.1 Å². The van der Waals surface area contributed by atoms with Gasteiger partial charge in [-0.1, -0.05) is 41.6 Å². The number of rotatable bonds is 3. The number of hydrogen-bond donors (Lipinski definition) is 1. The van der Waals surface area contributed by atoms with Crippen molar-refractivity contribution in [3.05, 3.63) is 84.2 Å². The first kappa shape index (κ1) is 18.7. The Labute approximate surface area is 164 Å². The second-order valence-corrected chi connectivity index (χ2v) is 6.60. The molecule has 1 heterocycles. The van der Waals surface area contributed by atoms with E-state index in [4.69, 9.17) is 5.21 Å². The molecular weight excluding hydrogens is 379 g/mol. The Kier molecular flexibility index (Phi) is 4.58. The Hall–Kier alpha value is -3.61. The highest BCUT2D eigenvalue weighted by atomic mass is 19.4. The van der Waals surface area contributed by atoms with Gasteiger partial charge in [0.1, 0.15) is 6.33 Å². The normalized spacial score (nSPS) is 12.5. The van der Waals surface area contributed by atoms with Gasteiger partial charge in [-0.2, -0.15) is 13.2 Å². The van der Waals surface area contributed by atoms with Crippen LogP contribution in [0.2, 0.25) is 0 Å². The standard InChI is InChI=1S/C22H16F3N3O/c1-14(27-29)18-7-2-3-8-19(18)15-5-4-6-17(11-15)28-13-26-20-12-16(22(23,24)25)9-10-21(20)28/h2-13,29H,1H3/b27-14-. The molecule has 0 radical (unpaired) electrons. The average molecular weight is 395 g/mol. The van der Waals surface area contributed by atoms with Gasteiger partial charge >= 0.3 is 6.18 Å². The Morgan fingerprint density at radius 3 is 2.55 bits per heavy atom. The van der Waals surface area contributed by atoms with Crippen molar-refractivity contribution in [2.75, 3.05) is 0 Å². The molecule has 1 aromatic heterocycles. The summed E-state index contributed by atoms with van der Waals surface area (Å²) in [5.74, 6) is 0. The zero-order valence-electron chi connectivity index (χ0n) is 15.4. The van der Waals surface area contributed by atoms with Gasteiger partial charge in [0.2, 0.25) is 0 Å². The van der Waals surface area contributed by atoms with E-state index >= 15 is 0 Å². The maximum atomic E-state index is 13.0. The summed E-state index contributed by atoms with van der Waals surface area (Å²) in [4.78, 5) is 4.14. The van der Waals surface area contributed by atoms with Crippen molar-refractivity contribution in [3.8, 4) is 16.8 Å². The molecule has 4 aromatic rings. The van der Waals surface area contributed by atoms with Crippen LogP contribution in [-0.4, -0.2) is 20.5 Å². The highest BCUT2D eigenvalue weighted by Gasteiger charge is 2.30. The van der Waals surface area contributed by atoms with Crippen LogP contribution in [0.5, 0.6) is 0 Å². The lowest BCUT2D eigenvalue weighted by molar-refractivity contribution is -0.137. The fraction of sp³-hybridized carbons (Fsp3) is 0.0909. The molecule has 0 aliphatic heterocycles. The molecule has 0 saturated carbocycles. The van der Waals surface area contributed by atoms with Crippen LogP contribution in [0.1, 0.15) is 18.1 Å². The first-order valence-electron chi connectivity index (χ1n) is 8.81. The molecule has 0 fully saturated rings. The summed E-state index contributed by atoms with van der Waals surface area (Å²) in [6.45, 7) is 1.71. The molecule has 4 nitrogen and oxygen atoms in total. The summed E-state index contributed by atoms with van der Waals surface area (Å²) in [5, 5.41) is 12.5. The molecule has 0 spiro atoms. The monoisotopic (exact) mass is 395 g/mol. The minimum atomic E-state index is -4.41. The summed E-state index contributed by atoms with van der Waals surface area (Å²) >= 11 is 0. The molecule has 0 amide bonds. The van der Waals surface area contributed by atoms with Crippen molar-refractivity contribution in [2.24, 2.45) is 5.16 Å². The zero-order valence-corrected chi connectivity index (χ0v) is 15.4. The molecule has 1 N–H and O–H groups in total. The van der Waals surface area contributed by atoms with Crippen molar-refractivity contribution >= 4 is 16.7 Å². The van der Waals surface area contributed by atoms with Crippen LogP contribution < -0.4 is 0 Å². The van der Waals surface area contributed by atoms with Gasteiger partial charge < -0.3 is 5.21 Å². The lowest BCUT2D eigenvalue weighted by atomic mass is 9.97. The number of alkyl halides is 3. The topological polar surface area (TPSA) is 50.4 Å². The minimum Gasteiger partial charge on any atom is -0.411 e. The summed E-state index contributed by atoms with van der Waals surface area (Å²) in [5.41, 5.74) is 3.93. The predicted octanol–water partition coefficient (Wildman–Crippen LogP) is 5.91. The molecular formula is C22H16F3N3O. The molecule has 0 atom stereocenters. The molecule has 0 bridgehead atoms. The van der Waals surface area contributed by atoms with E-state index < -0.39 is 11.7 Å². The summed E-state index contributed by atoms with van der Waals surface area (Å²) < 4.78 is 40.6. The Morgan fingerprint density at radius 2 is 1.79 bits per heavy atom. The number of hydrogen-bond acceptors (Lipinski definition) is 3. The molecule has 0 unspecified atom stereocenters. The third kappa shape index (κ3) is 3.47. The Balaban J connectivity index is 1.82. The van der Waals surface area contributed by atoms with Gasteiger partial charge in [-0.05, 0) is 48.4 Å². The van der Waals surface area contributed by atoms with E-state index in [2.05, 4.69) is 10.1 Å². The third-order valence-corrected chi connectivity index (χ3v) is 4.78. The third-order valence-electron chi connectivity index (χ3n) is 4.78. The number of nitrogens with zero attached hydrogens (tertiary/aromatic N) is 3. The number of benzene rings is 3. The summed E-state index contributed by atoms with van der Waals surface area (Å²) in [7, 11) is 0. The quantitative estimate of drug-likeness (QED) is 0.266. The Morgan fingerprint density at radius 1 is 1.00 bits per heavy atom. The SMILES string of the molecule is C/C(=N/O)c1ccccc1-c1cccc(-n2cnc3cc(C(F)(F)F)ccc32)c1. The number of aromatic nitrogens is 2. The molecule has 7 heteroatoms. The molecule has 146 valence electrons. The predicted molar refractivity (Wildman–Crippen MR) is 106 cm³/mol. The summed E-state index contributed by atoms with van der Waals surface area (Å²) in [6, 6.07) is 18.6. The molecule has 4 rings (SSSR count). The van der Waals surface area contributed by atoms with Gasteiger partial charge in [-0.15, -0.1) is 0 Å². The molecule has 0 saturated heterocycles. The average Bonchev–Trinajstić information content (AvgIpc) is 3.16.